The first-order chi connectivity index (χ1) is 13.8. The third kappa shape index (κ3) is 2.90. The maximum Gasteiger partial charge on any atom is 0.323 e. The summed E-state index contributed by atoms with van der Waals surface area (Å²) >= 11 is 0. The molecule has 1 aliphatic heterocycles. The van der Waals surface area contributed by atoms with Gasteiger partial charge in [0, 0.05) is 6.04 Å². The van der Waals surface area contributed by atoms with Gasteiger partial charge >= 0.3 is 5.97 Å². The van der Waals surface area contributed by atoms with Crippen LogP contribution in [0.5, 0.6) is 0 Å². The highest BCUT2D eigenvalue weighted by Gasteiger charge is 2.64. The van der Waals surface area contributed by atoms with Crippen LogP contribution in [0.2, 0.25) is 0 Å². The molecule has 5 saturated carbocycles. The maximum absolute atomic E-state index is 13.5. The zero-order valence-corrected chi connectivity index (χ0v) is 17.4. The number of nitrogens with one attached hydrogen (secondary N) is 1. The van der Waals surface area contributed by atoms with E-state index in [1.807, 2.05) is 6.92 Å². The fourth-order valence-corrected chi connectivity index (χ4v) is 7.46. The average molecular weight is 401 g/mol. The van der Waals surface area contributed by atoms with E-state index in [1.165, 1.54) is 0 Å². The Morgan fingerprint density at radius 3 is 2.52 bits per heavy atom. The summed E-state index contributed by atoms with van der Waals surface area (Å²) in [5.74, 6) is 1.16. The molecule has 0 radical (unpaired) electrons. The van der Waals surface area contributed by atoms with Gasteiger partial charge in [0.1, 0.15) is 17.7 Å². The summed E-state index contributed by atoms with van der Waals surface area (Å²) in [4.78, 5) is 27.9. The van der Waals surface area contributed by atoms with E-state index in [-0.39, 0.29) is 35.4 Å². The number of fused-ring (bicyclic) bond motifs is 1. The molecule has 1 saturated heterocycles. The lowest BCUT2D eigenvalue weighted by atomic mass is 9.46. The minimum Gasteiger partial charge on any atom is -0.458 e. The van der Waals surface area contributed by atoms with E-state index in [0.717, 1.165) is 44.9 Å². The fraction of sp³-hybridized carbons (Fsp3) is 0.864. The molecule has 0 aromatic heterocycles. The molecule has 0 aromatic rings. The largest absolute Gasteiger partial charge is 0.458 e. The molecule has 7 nitrogen and oxygen atoms in total. The van der Waals surface area contributed by atoms with Crippen LogP contribution in [0, 0.1) is 34.5 Å². The molecular weight excluding hydrogens is 368 g/mol. The minimum atomic E-state index is -0.608. The highest BCUT2D eigenvalue weighted by atomic mass is 16.6. The number of likely N-dealkylation sites (N-methyl/N-ethyl adjacent to an activating group) is 1. The standard InChI is InChI=1S/C22H32N4O3/c1-12(25-2)20(28)29-22-8-13-3-14(9-22)7-21(6-13,11-22)18(24)19(27)26-16(10-23)4-15-5-17(15)26/h12-18,25H,3-9,11,24H2,1-2H3/t12-,13-,14?,15?,16-,17?,18+,21?,22?/m0/s1. The Hall–Kier alpha value is -1.65. The molecule has 158 valence electrons. The predicted octanol–water partition coefficient (Wildman–Crippen LogP) is 1.32. The molecule has 5 unspecified atom stereocenters. The Labute approximate surface area is 172 Å². The van der Waals surface area contributed by atoms with Crippen molar-refractivity contribution in [2.45, 2.75) is 88.1 Å². The van der Waals surface area contributed by atoms with Crippen LogP contribution >= 0.6 is 0 Å². The van der Waals surface area contributed by atoms with Crippen molar-refractivity contribution in [1.29, 1.82) is 5.26 Å². The van der Waals surface area contributed by atoms with Gasteiger partial charge in [0.2, 0.25) is 5.91 Å². The van der Waals surface area contributed by atoms with Crippen LogP contribution in [-0.2, 0) is 14.3 Å². The number of hydrogen-bond donors (Lipinski definition) is 2. The summed E-state index contributed by atoms with van der Waals surface area (Å²) in [5, 5.41) is 12.5. The topological polar surface area (TPSA) is 108 Å². The van der Waals surface area contributed by atoms with Gasteiger partial charge in [-0.15, -0.1) is 0 Å². The molecule has 6 aliphatic rings. The number of nitrogens with two attached hydrogens (primary N) is 1. The highest BCUT2D eigenvalue weighted by molar-refractivity contribution is 5.84. The molecule has 4 bridgehead atoms. The van der Waals surface area contributed by atoms with Crippen LogP contribution in [-0.4, -0.2) is 53.6 Å². The Morgan fingerprint density at radius 1 is 1.21 bits per heavy atom. The molecule has 6 fully saturated rings. The third-order valence-electron chi connectivity index (χ3n) is 8.59. The van der Waals surface area contributed by atoms with Crippen LogP contribution in [0.25, 0.3) is 0 Å². The Morgan fingerprint density at radius 2 is 1.90 bits per heavy atom. The van der Waals surface area contributed by atoms with Gasteiger partial charge in [-0.2, -0.15) is 5.26 Å². The average Bonchev–Trinajstić information content (AvgIpc) is 3.34. The molecule has 3 N–H and O–H groups in total. The van der Waals surface area contributed by atoms with Crippen LogP contribution in [0.4, 0.5) is 0 Å². The predicted molar refractivity (Wildman–Crippen MR) is 105 cm³/mol. The first-order valence-corrected chi connectivity index (χ1v) is 11.2. The monoisotopic (exact) mass is 400 g/mol. The summed E-state index contributed by atoms with van der Waals surface area (Å²) in [6, 6.07) is 1.25. The molecule has 1 heterocycles. The summed E-state index contributed by atoms with van der Waals surface area (Å²) in [5.41, 5.74) is 5.93. The molecule has 29 heavy (non-hydrogen) atoms. The van der Waals surface area contributed by atoms with Gasteiger partial charge in [-0.3, -0.25) is 9.59 Å². The quantitative estimate of drug-likeness (QED) is 0.674. The van der Waals surface area contributed by atoms with Gasteiger partial charge in [0.25, 0.3) is 0 Å². The van der Waals surface area contributed by atoms with Crippen LogP contribution in [0.1, 0.15) is 58.3 Å². The fourth-order valence-electron chi connectivity index (χ4n) is 7.46. The number of likely N-dealkylation sites (tertiary alicyclic amines) is 1. The number of carbonyl (C=O) groups is 2. The van der Waals surface area contributed by atoms with Gasteiger partial charge in [-0.05, 0) is 88.5 Å². The van der Waals surface area contributed by atoms with Crippen LogP contribution < -0.4 is 11.1 Å². The molecule has 9 atom stereocenters. The van der Waals surface area contributed by atoms with Gasteiger partial charge in [-0.1, -0.05) is 0 Å². The van der Waals surface area contributed by atoms with Gasteiger partial charge in [0.05, 0.1) is 12.1 Å². The van der Waals surface area contributed by atoms with Crippen molar-refractivity contribution in [3.8, 4) is 6.07 Å². The third-order valence-corrected chi connectivity index (χ3v) is 8.59. The van der Waals surface area contributed by atoms with Gasteiger partial charge in [0.15, 0.2) is 0 Å². The number of nitrogens with zero attached hydrogens (tertiary/aromatic N) is 2. The number of ether oxygens (including phenoxy) is 1. The van der Waals surface area contributed by atoms with Crippen molar-refractivity contribution in [1.82, 2.24) is 10.2 Å². The number of hydrogen-bond acceptors (Lipinski definition) is 6. The smallest absolute Gasteiger partial charge is 0.323 e. The number of piperidine rings is 1. The lowest BCUT2D eigenvalue weighted by Gasteiger charge is -2.62. The number of rotatable bonds is 5. The lowest BCUT2D eigenvalue weighted by molar-refractivity contribution is -0.207. The number of nitriles is 1. The molecule has 7 heteroatoms. The van der Waals surface area contributed by atoms with Gasteiger partial charge in [-0.25, -0.2) is 0 Å². The maximum atomic E-state index is 13.5. The van der Waals surface area contributed by atoms with E-state index < -0.39 is 11.6 Å². The zero-order valence-electron chi connectivity index (χ0n) is 17.4. The van der Waals surface area contributed by atoms with Crippen LogP contribution in [0.3, 0.4) is 0 Å². The Bertz CT molecular complexity index is 763. The summed E-state index contributed by atoms with van der Waals surface area (Å²) in [7, 11) is 1.76. The molecule has 0 spiro atoms. The number of carbonyl (C=O) groups excluding carboxylic acids is 2. The summed E-state index contributed by atoms with van der Waals surface area (Å²) in [6.07, 6.45) is 7.31. The SMILES string of the molecule is CN[C@@H](C)C(=O)OC12CC3C[C@H](C1)CC([C@H](N)C(=O)N1C4CC4C[C@H]1C#N)(C3)C2. The zero-order chi connectivity index (χ0) is 20.6. The van der Waals surface area contributed by atoms with Crippen molar-refractivity contribution < 1.29 is 14.3 Å². The van der Waals surface area contributed by atoms with E-state index in [0.29, 0.717) is 24.2 Å². The highest BCUT2D eigenvalue weighted by Crippen LogP contribution is 2.64. The van der Waals surface area contributed by atoms with Crippen molar-refractivity contribution in [3.63, 3.8) is 0 Å². The van der Waals surface area contributed by atoms with Crippen molar-refractivity contribution >= 4 is 11.9 Å². The van der Waals surface area contributed by atoms with E-state index in [9.17, 15) is 14.9 Å². The lowest BCUT2D eigenvalue weighted by Crippen LogP contribution is -2.66. The summed E-state index contributed by atoms with van der Waals surface area (Å²) < 4.78 is 6.12. The normalized spacial score (nSPS) is 46.0. The second-order valence-electron chi connectivity index (χ2n) is 10.6. The second kappa shape index (κ2) is 6.42. The molecule has 6 rings (SSSR count). The van der Waals surface area contributed by atoms with Crippen molar-refractivity contribution in [2.24, 2.45) is 28.9 Å². The number of amides is 1. The summed E-state index contributed by atoms with van der Waals surface area (Å²) in [6.45, 7) is 1.81. The van der Waals surface area contributed by atoms with E-state index in [1.54, 1.807) is 11.9 Å². The Balaban J connectivity index is 1.39. The first-order valence-electron chi connectivity index (χ1n) is 11.2. The van der Waals surface area contributed by atoms with Gasteiger partial charge < -0.3 is 20.7 Å². The molecule has 1 amide bonds. The molecule has 5 aliphatic carbocycles. The number of esters is 1. The van der Waals surface area contributed by atoms with Crippen LogP contribution in [0.15, 0.2) is 0 Å². The first kappa shape index (κ1) is 19.3. The second-order valence-corrected chi connectivity index (χ2v) is 10.6. The van der Waals surface area contributed by atoms with E-state index in [2.05, 4.69) is 11.4 Å². The minimum absolute atomic E-state index is 0.0476. The molecule has 0 aromatic carbocycles. The van der Waals surface area contributed by atoms with E-state index >= 15 is 0 Å². The van der Waals surface area contributed by atoms with E-state index in [4.69, 9.17) is 10.5 Å². The Kier molecular flexibility index (Phi) is 4.28. The molecular formula is C22H32N4O3. The van der Waals surface area contributed by atoms with Crippen molar-refractivity contribution in [2.75, 3.05) is 7.05 Å². The van der Waals surface area contributed by atoms with Crippen molar-refractivity contribution in [3.05, 3.63) is 0 Å².